The average Bonchev–Trinajstić information content (AvgIpc) is 3.24. The smallest absolute Gasteiger partial charge is 0.358 e. The van der Waals surface area contributed by atoms with Gasteiger partial charge in [0.25, 0.3) is 0 Å². The third-order valence-electron chi connectivity index (χ3n) is 2.79. The van der Waals surface area contributed by atoms with E-state index in [4.69, 9.17) is 0 Å². The fraction of sp³-hybridized carbons (Fsp3) is 0.250. The Labute approximate surface area is 159 Å². The van der Waals surface area contributed by atoms with Crippen molar-refractivity contribution in [2.45, 2.75) is 12.6 Å². The third kappa shape index (κ3) is 5.41. The first-order chi connectivity index (χ1) is 13.9. The highest BCUT2D eigenvalue weighted by Crippen LogP contribution is 2.13. The molecule has 0 N–H and O–H groups in total. The molecule has 2 aromatic heterocycles. The second-order valence-corrected chi connectivity index (χ2v) is 4.66. The number of nitrogens with zero attached hydrogens (tertiary/aromatic N) is 10. The van der Waals surface area contributed by atoms with E-state index in [2.05, 4.69) is 10.2 Å². The van der Waals surface area contributed by atoms with Crippen LogP contribution in [0.3, 0.4) is 0 Å². The van der Waals surface area contributed by atoms with Crippen LogP contribution < -0.4 is 0 Å². The van der Waals surface area contributed by atoms with Gasteiger partial charge in [-0.15, -0.1) is 0 Å². The molecule has 22 heteroatoms. The normalized spacial score (nSPS) is 10.2. The molecule has 0 aliphatic rings. The van der Waals surface area contributed by atoms with E-state index >= 15 is 0 Å². The van der Waals surface area contributed by atoms with Crippen molar-refractivity contribution in [3.05, 3.63) is 85.2 Å². The van der Waals surface area contributed by atoms with E-state index in [9.17, 15) is 60.7 Å². The van der Waals surface area contributed by atoms with E-state index in [0.29, 0.717) is 9.36 Å². The summed E-state index contributed by atoms with van der Waals surface area (Å²) in [6.07, 6.45) is -3.10. The van der Waals surface area contributed by atoms with Crippen LogP contribution in [0.5, 0.6) is 0 Å². The highest BCUT2D eigenvalue weighted by Gasteiger charge is 2.39. The van der Waals surface area contributed by atoms with E-state index in [1.165, 1.54) is 0 Å². The first-order valence-corrected chi connectivity index (χ1v) is 6.79. The summed E-state index contributed by atoms with van der Waals surface area (Å²) in [4.78, 5) is 54.7. The minimum absolute atomic E-state index is 0.304. The zero-order chi connectivity index (χ0) is 23.2. The van der Waals surface area contributed by atoms with E-state index < -0.39 is 53.8 Å². The molecule has 0 aliphatic heterocycles. The van der Waals surface area contributed by atoms with E-state index in [1.807, 2.05) is 0 Å². The number of hydrogen-bond donors (Lipinski definition) is 0. The lowest BCUT2D eigenvalue weighted by atomic mass is 10.7. The Kier molecular flexibility index (Phi) is 6.97. The molecule has 160 valence electrons. The van der Waals surface area contributed by atoms with Crippen LogP contribution in [0.4, 0.5) is 11.6 Å². The Hall–Kier alpha value is -5.18. The second kappa shape index (κ2) is 9.15. The topological polar surface area (TPSA) is 294 Å². The zero-order valence-electron chi connectivity index (χ0n) is 13.8. The zero-order valence-corrected chi connectivity index (χ0v) is 13.8. The molecule has 0 spiro atoms. The lowest BCUT2D eigenvalue weighted by Crippen LogP contribution is -2.26. The maximum atomic E-state index is 10.3. The molecule has 0 bridgehead atoms. The van der Waals surface area contributed by atoms with Gasteiger partial charge in [0, 0.05) is 0 Å². The maximum Gasteiger partial charge on any atom is 0.570 e. The van der Waals surface area contributed by atoms with Crippen molar-refractivity contribution in [1.29, 1.82) is 0 Å². The monoisotopic (exact) mass is 434 g/mol. The van der Waals surface area contributed by atoms with Gasteiger partial charge in [0.15, 0.2) is 0 Å². The molecule has 0 saturated heterocycles. The Balaban J connectivity index is 0.000000300. The quantitative estimate of drug-likeness (QED) is 0.290. The molecule has 0 saturated carbocycles. The van der Waals surface area contributed by atoms with Gasteiger partial charge < -0.3 is 20.2 Å². The Morgan fingerprint density at radius 1 is 0.600 bits per heavy atom. The standard InChI is InChI=1S/2C4H3N5O6/c2*10-7(11)3-1-2-6(5-3)4(8(12)13)9(14)15/h2*1-2,4H. The Morgan fingerprint density at radius 3 is 1.03 bits per heavy atom. The number of rotatable bonds is 8. The molecule has 2 rings (SSSR count). The number of nitro groups is 6. The number of hydrogen-bond acceptors (Lipinski definition) is 14. The van der Waals surface area contributed by atoms with Crippen LogP contribution in [0.1, 0.15) is 12.6 Å². The summed E-state index contributed by atoms with van der Waals surface area (Å²) < 4.78 is 0.607. The van der Waals surface area contributed by atoms with Crippen molar-refractivity contribution in [3.63, 3.8) is 0 Å². The third-order valence-corrected chi connectivity index (χ3v) is 2.79. The van der Waals surface area contributed by atoms with Crippen LogP contribution in [0.2, 0.25) is 0 Å². The molecular weight excluding hydrogens is 428 g/mol. The fourth-order valence-electron chi connectivity index (χ4n) is 1.65. The minimum atomic E-state index is -2.35. The van der Waals surface area contributed by atoms with E-state index in [0.717, 1.165) is 24.5 Å². The van der Waals surface area contributed by atoms with Gasteiger partial charge in [-0.25, -0.2) is 0 Å². The molecule has 0 atom stereocenters. The second-order valence-electron chi connectivity index (χ2n) is 4.66. The van der Waals surface area contributed by atoms with Crippen molar-refractivity contribution in [1.82, 2.24) is 19.6 Å². The van der Waals surface area contributed by atoms with Crippen molar-refractivity contribution in [2.75, 3.05) is 0 Å². The molecular formula is C8H6N10O12. The maximum absolute atomic E-state index is 10.3. The van der Waals surface area contributed by atoms with Crippen LogP contribution in [0, 0.1) is 60.7 Å². The fourth-order valence-corrected chi connectivity index (χ4v) is 1.65. The van der Waals surface area contributed by atoms with Gasteiger partial charge in [0.1, 0.15) is 19.7 Å². The molecule has 0 aliphatic carbocycles. The molecule has 0 amide bonds. The summed E-state index contributed by atoms with van der Waals surface area (Å²) in [5.41, 5.74) is 0. The van der Waals surface area contributed by atoms with E-state index in [1.54, 1.807) is 0 Å². The SMILES string of the molecule is O=[N+]([O-])c1ccn(C([N+](=O)[O-])[N+](=O)[O-])n1.O=[N+]([O-])c1ccn(C([N+](=O)[O-])[N+](=O)[O-])n1. The number of aromatic nitrogens is 4. The molecule has 30 heavy (non-hydrogen) atoms. The summed E-state index contributed by atoms with van der Waals surface area (Å²) in [5.74, 6) is -1.38. The molecule has 0 unspecified atom stereocenters. The predicted molar refractivity (Wildman–Crippen MR) is 83.8 cm³/mol. The van der Waals surface area contributed by atoms with Crippen molar-refractivity contribution >= 4 is 11.6 Å². The summed E-state index contributed by atoms with van der Waals surface area (Å²) in [7, 11) is 0. The van der Waals surface area contributed by atoms with Crippen LogP contribution in [0.15, 0.2) is 24.5 Å². The summed E-state index contributed by atoms with van der Waals surface area (Å²) >= 11 is 0. The van der Waals surface area contributed by atoms with Gasteiger partial charge in [0.2, 0.25) is 0 Å². The van der Waals surface area contributed by atoms with Crippen LogP contribution in [-0.4, -0.2) is 49.1 Å². The van der Waals surface area contributed by atoms with Crippen molar-refractivity contribution in [2.24, 2.45) is 0 Å². The molecule has 22 nitrogen and oxygen atoms in total. The largest absolute Gasteiger partial charge is 0.570 e. The highest BCUT2D eigenvalue weighted by molar-refractivity contribution is 5.14. The van der Waals surface area contributed by atoms with Gasteiger partial charge >= 0.3 is 24.2 Å². The molecule has 0 fully saturated rings. The summed E-state index contributed by atoms with van der Waals surface area (Å²) in [6.45, 7) is 0. The average molecular weight is 434 g/mol. The van der Waals surface area contributed by atoms with E-state index in [-0.39, 0.29) is 0 Å². The Morgan fingerprint density at radius 2 is 0.867 bits per heavy atom. The summed E-state index contributed by atoms with van der Waals surface area (Å²) in [6, 6.07) is 1.67. The van der Waals surface area contributed by atoms with Gasteiger partial charge in [0.05, 0.1) is 34.7 Å². The van der Waals surface area contributed by atoms with Crippen LogP contribution in [-0.2, 0) is 0 Å². The lowest BCUT2D eigenvalue weighted by molar-refractivity contribution is -0.775. The highest BCUT2D eigenvalue weighted by atomic mass is 16.7. The molecule has 0 radical (unpaired) electrons. The van der Waals surface area contributed by atoms with Crippen LogP contribution >= 0.6 is 0 Å². The minimum Gasteiger partial charge on any atom is -0.358 e. The Bertz CT molecular complexity index is 902. The molecule has 2 aromatic rings. The molecule has 0 aromatic carbocycles. The van der Waals surface area contributed by atoms with Gasteiger partial charge in [-0.3, -0.25) is 40.5 Å². The van der Waals surface area contributed by atoms with Crippen LogP contribution in [0.25, 0.3) is 0 Å². The van der Waals surface area contributed by atoms with Crippen molar-refractivity contribution in [3.8, 4) is 0 Å². The van der Waals surface area contributed by atoms with Gasteiger partial charge in [-0.2, -0.15) is 0 Å². The predicted octanol–water partition coefficient (Wildman–Crippen LogP) is -0.398. The van der Waals surface area contributed by atoms with Crippen molar-refractivity contribution < 1.29 is 29.5 Å². The summed E-state index contributed by atoms with van der Waals surface area (Å²) in [5, 5.41) is 67.5. The van der Waals surface area contributed by atoms with Gasteiger partial charge in [-0.05, 0) is 19.2 Å². The lowest BCUT2D eigenvalue weighted by Gasteiger charge is -1.96. The first kappa shape index (κ1) is 22.9. The van der Waals surface area contributed by atoms with Gasteiger partial charge in [-0.1, -0.05) is 0 Å². The first-order valence-electron chi connectivity index (χ1n) is 6.79. The molecule has 2 heterocycles.